The molecule has 0 aromatic carbocycles. The zero-order valence-electron chi connectivity index (χ0n) is 10.9. The van der Waals surface area contributed by atoms with Crippen molar-refractivity contribution in [3.63, 3.8) is 0 Å². The van der Waals surface area contributed by atoms with Gasteiger partial charge in [-0.05, 0) is 32.2 Å². The molecule has 0 amide bonds. The summed E-state index contributed by atoms with van der Waals surface area (Å²) in [7, 11) is 1.73. The Balaban J connectivity index is 2.31. The van der Waals surface area contributed by atoms with E-state index in [1.807, 2.05) is 0 Å². The lowest BCUT2D eigenvalue weighted by Gasteiger charge is -2.29. The van der Waals surface area contributed by atoms with Gasteiger partial charge in [-0.25, -0.2) is 0 Å². The molecule has 0 radical (unpaired) electrons. The monoisotopic (exact) mass is 238 g/mol. The molecule has 0 aliphatic carbocycles. The summed E-state index contributed by atoms with van der Waals surface area (Å²) in [5, 5.41) is 8.62. The molecule has 17 heavy (non-hydrogen) atoms. The van der Waals surface area contributed by atoms with Crippen molar-refractivity contribution < 1.29 is 4.74 Å². The van der Waals surface area contributed by atoms with Crippen LogP contribution in [0.15, 0.2) is 0 Å². The van der Waals surface area contributed by atoms with Crippen molar-refractivity contribution in [1.29, 1.82) is 0 Å². The molecule has 2 heterocycles. The maximum absolute atomic E-state index is 5.72. The Bertz CT molecular complexity index is 384. The molecular weight excluding hydrogens is 216 g/mol. The van der Waals surface area contributed by atoms with Crippen LogP contribution in [0.3, 0.4) is 0 Å². The molecule has 2 unspecified atom stereocenters. The fourth-order valence-corrected chi connectivity index (χ4v) is 2.38. The van der Waals surface area contributed by atoms with Crippen molar-refractivity contribution >= 4 is 0 Å². The summed E-state index contributed by atoms with van der Waals surface area (Å²) < 4.78 is 7.81. The average molecular weight is 238 g/mol. The maximum atomic E-state index is 5.72. The number of fused-ring (bicyclic) bond motifs is 1. The van der Waals surface area contributed by atoms with Crippen LogP contribution < -0.4 is 5.73 Å². The highest BCUT2D eigenvalue weighted by molar-refractivity contribution is 5.07. The molecule has 0 saturated carbocycles. The third-order valence-electron chi connectivity index (χ3n) is 3.99. The van der Waals surface area contributed by atoms with Crippen LogP contribution in [-0.2, 0) is 23.3 Å². The van der Waals surface area contributed by atoms with Crippen molar-refractivity contribution in [2.45, 2.75) is 45.3 Å². The summed E-state index contributed by atoms with van der Waals surface area (Å²) >= 11 is 0. The summed E-state index contributed by atoms with van der Waals surface area (Å²) in [5.41, 5.74) is 5.39. The van der Waals surface area contributed by atoms with E-state index in [1.54, 1.807) is 7.11 Å². The minimum atomic E-state index is -0.333. The minimum absolute atomic E-state index is 0.333. The third kappa shape index (κ3) is 2.09. The Morgan fingerprint density at radius 1 is 1.53 bits per heavy atom. The fraction of sp³-hybridized carbons (Fsp3) is 0.833. The van der Waals surface area contributed by atoms with E-state index in [2.05, 4.69) is 28.6 Å². The third-order valence-corrected chi connectivity index (χ3v) is 3.99. The van der Waals surface area contributed by atoms with Crippen molar-refractivity contribution in [3.8, 4) is 0 Å². The van der Waals surface area contributed by atoms with Crippen LogP contribution in [0.1, 0.15) is 38.3 Å². The number of nitrogens with two attached hydrogens (primary N) is 1. The Morgan fingerprint density at radius 2 is 2.29 bits per heavy atom. The molecule has 2 N–H and O–H groups in total. The van der Waals surface area contributed by atoms with Crippen molar-refractivity contribution in [3.05, 3.63) is 11.6 Å². The van der Waals surface area contributed by atoms with Gasteiger partial charge in [0.1, 0.15) is 11.4 Å². The first-order valence-corrected chi connectivity index (χ1v) is 6.32. The van der Waals surface area contributed by atoms with Gasteiger partial charge in [0.2, 0.25) is 0 Å². The van der Waals surface area contributed by atoms with Gasteiger partial charge in [0.15, 0.2) is 5.82 Å². The van der Waals surface area contributed by atoms with Crippen LogP contribution in [0.5, 0.6) is 0 Å². The van der Waals surface area contributed by atoms with Gasteiger partial charge in [0.05, 0.1) is 0 Å². The van der Waals surface area contributed by atoms with Crippen molar-refractivity contribution in [1.82, 2.24) is 14.8 Å². The molecule has 5 nitrogen and oxygen atoms in total. The van der Waals surface area contributed by atoms with E-state index in [0.717, 1.165) is 44.0 Å². The molecule has 96 valence electrons. The highest BCUT2D eigenvalue weighted by Crippen LogP contribution is 2.30. The molecule has 1 aliphatic heterocycles. The Morgan fingerprint density at radius 3 is 2.88 bits per heavy atom. The lowest BCUT2D eigenvalue weighted by Crippen LogP contribution is -2.32. The fourth-order valence-electron chi connectivity index (χ4n) is 2.38. The number of ether oxygens (including phenoxy) is 1. The summed E-state index contributed by atoms with van der Waals surface area (Å²) in [4.78, 5) is 0. The van der Waals surface area contributed by atoms with Gasteiger partial charge in [0, 0.05) is 20.1 Å². The van der Waals surface area contributed by atoms with E-state index in [-0.39, 0.29) is 5.60 Å². The second kappa shape index (κ2) is 4.74. The summed E-state index contributed by atoms with van der Waals surface area (Å²) in [6.07, 6.45) is 2.94. The van der Waals surface area contributed by atoms with Crippen LogP contribution in [0.25, 0.3) is 0 Å². The number of hydrogen-bond donors (Lipinski definition) is 1. The van der Waals surface area contributed by atoms with Crippen LogP contribution in [0, 0.1) is 5.92 Å². The molecule has 2 rings (SSSR count). The Labute approximate surface area is 102 Å². The molecule has 5 heteroatoms. The highest BCUT2D eigenvalue weighted by atomic mass is 16.5. The second-order valence-corrected chi connectivity index (χ2v) is 4.97. The molecule has 0 spiro atoms. The van der Waals surface area contributed by atoms with Crippen LogP contribution in [0.2, 0.25) is 0 Å². The van der Waals surface area contributed by atoms with Gasteiger partial charge in [-0.15, -0.1) is 10.2 Å². The van der Waals surface area contributed by atoms with E-state index >= 15 is 0 Å². The predicted octanol–water partition coefficient (Wildman–Crippen LogP) is 1.07. The summed E-state index contributed by atoms with van der Waals surface area (Å²) in [6, 6.07) is 0. The molecule has 1 aromatic heterocycles. The standard InChI is InChI=1S/C12H22N4O/c1-4-12(2,17-3)11-15-14-10-7-9(8-13)5-6-16(10)11/h9H,4-8,13H2,1-3H3. The van der Waals surface area contributed by atoms with Crippen LogP contribution in [-0.4, -0.2) is 28.4 Å². The molecule has 1 aliphatic rings. The van der Waals surface area contributed by atoms with Crippen LogP contribution >= 0.6 is 0 Å². The maximum Gasteiger partial charge on any atom is 0.165 e. The van der Waals surface area contributed by atoms with Crippen molar-refractivity contribution in [2.24, 2.45) is 11.7 Å². The number of rotatable bonds is 4. The number of hydrogen-bond acceptors (Lipinski definition) is 4. The Hall–Kier alpha value is -0.940. The van der Waals surface area contributed by atoms with Gasteiger partial charge in [-0.2, -0.15) is 0 Å². The van der Waals surface area contributed by atoms with Gasteiger partial charge < -0.3 is 15.0 Å². The first-order valence-electron chi connectivity index (χ1n) is 6.32. The summed E-state index contributed by atoms with van der Waals surface area (Å²) in [5.74, 6) is 2.56. The lowest BCUT2D eigenvalue weighted by molar-refractivity contribution is -0.0127. The lowest BCUT2D eigenvalue weighted by atomic mass is 9.96. The SMILES string of the molecule is CCC(C)(OC)c1nnc2n1CCC(CN)C2. The van der Waals surface area contributed by atoms with Gasteiger partial charge in [-0.1, -0.05) is 6.92 Å². The average Bonchev–Trinajstić information content (AvgIpc) is 2.81. The molecule has 1 aromatic rings. The smallest absolute Gasteiger partial charge is 0.165 e. The number of nitrogens with zero attached hydrogens (tertiary/aromatic N) is 3. The van der Waals surface area contributed by atoms with E-state index < -0.39 is 0 Å². The van der Waals surface area contributed by atoms with Gasteiger partial charge >= 0.3 is 0 Å². The number of aromatic nitrogens is 3. The Kier molecular flexibility index (Phi) is 3.49. The molecular formula is C12H22N4O. The van der Waals surface area contributed by atoms with Gasteiger partial charge in [0.25, 0.3) is 0 Å². The molecule has 0 bridgehead atoms. The summed E-state index contributed by atoms with van der Waals surface area (Å²) in [6.45, 7) is 5.87. The zero-order chi connectivity index (χ0) is 12.5. The largest absolute Gasteiger partial charge is 0.371 e. The molecule has 0 saturated heterocycles. The van der Waals surface area contributed by atoms with E-state index in [1.165, 1.54) is 0 Å². The highest BCUT2D eigenvalue weighted by Gasteiger charge is 2.33. The zero-order valence-corrected chi connectivity index (χ0v) is 10.9. The van der Waals surface area contributed by atoms with E-state index in [9.17, 15) is 0 Å². The first kappa shape index (κ1) is 12.5. The molecule has 0 fully saturated rings. The normalized spacial score (nSPS) is 23.2. The van der Waals surface area contributed by atoms with Gasteiger partial charge in [-0.3, -0.25) is 0 Å². The quantitative estimate of drug-likeness (QED) is 0.852. The predicted molar refractivity (Wildman–Crippen MR) is 65.5 cm³/mol. The van der Waals surface area contributed by atoms with Crippen LogP contribution in [0.4, 0.5) is 0 Å². The van der Waals surface area contributed by atoms with E-state index in [0.29, 0.717) is 5.92 Å². The molecule has 2 atom stereocenters. The number of methoxy groups -OCH3 is 1. The minimum Gasteiger partial charge on any atom is -0.371 e. The topological polar surface area (TPSA) is 66.0 Å². The van der Waals surface area contributed by atoms with E-state index in [4.69, 9.17) is 10.5 Å². The van der Waals surface area contributed by atoms with Crippen molar-refractivity contribution in [2.75, 3.05) is 13.7 Å². The second-order valence-electron chi connectivity index (χ2n) is 4.97. The first-order chi connectivity index (χ1) is 8.14.